The second-order valence-corrected chi connectivity index (χ2v) is 5.89. The molecule has 0 unspecified atom stereocenters. The van der Waals surface area contributed by atoms with Gasteiger partial charge in [-0.15, -0.1) is 0 Å². The predicted molar refractivity (Wildman–Crippen MR) is 95.5 cm³/mol. The van der Waals surface area contributed by atoms with E-state index in [9.17, 15) is 14.4 Å². The average Bonchev–Trinajstić information content (AvgIpc) is 2.88. The van der Waals surface area contributed by atoms with Crippen LogP contribution in [0.15, 0.2) is 24.3 Å². The molecular formula is C19H22N2O4. The summed E-state index contributed by atoms with van der Waals surface area (Å²) in [7, 11) is 1.70. The van der Waals surface area contributed by atoms with Crippen molar-refractivity contribution in [3.8, 4) is 0 Å². The molecule has 132 valence electrons. The Bertz CT molecular complexity index is 836. The normalized spacial score (nSPS) is 11.7. The Morgan fingerprint density at radius 2 is 1.80 bits per heavy atom. The molecule has 1 aromatic carbocycles. The van der Waals surface area contributed by atoms with Gasteiger partial charge < -0.3 is 15.0 Å². The van der Waals surface area contributed by atoms with E-state index in [-0.39, 0.29) is 11.6 Å². The molecule has 0 saturated carbocycles. The van der Waals surface area contributed by atoms with E-state index in [0.717, 1.165) is 0 Å². The molecule has 0 saturated heterocycles. The number of esters is 1. The maximum absolute atomic E-state index is 12.6. The molecular weight excluding hydrogens is 320 g/mol. The minimum absolute atomic E-state index is 0.113. The van der Waals surface area contributed by atoms with Gasteiger partial charge in [0.25, 0.3) is 0 Å². The molecule has 0 aliphatic heterocycles. The van der Waals surface area contributed by atoms with Crippen molar-refractivity contribution >= 4 is 23.2 Å². The predicted octanol–water partition coefficient (Wildman–Crippen LogP) is 3.30. The number of H-pyrrole nitrogens is 1. The molecule has 6 heteroatoms. The van der Waals surface area contributed by atoms with Crippen molar-refractivity contribution in [3.63, 3.8) is 0 Å². The van der Waals surface area contributed by atoms with E-state index < -0.39 is 12.1 Å². The van der Waals surface area contributed by atoms with Crippen molar-refractivity contribution in [2.45, 2.75) is 33.8 Å². The van der Waals surface area contributed by atoms with Gasteiger partial charge in [0, 0.05) is 24.0 Å². The molecule has 1 atom stereocenters. The van der Waals surface area contributed by atoms with Gasteiger partial charge in [-0.3, -0.25) is 9.59 Å². The third-order valence-corrected chi connectivity index (χ3v) is 4.11. The fraction of sp³-hybridized carbons (Fsp3) is 0.316. The van der Waals surface area contributed by atoms with Gasteiger partial charge in [0.2, 0.25) is 5.78 Å². The number of carbonyl (C=O) groups is 3. The molecule has 0 aliphatic rings. The molecule has 1 aromatic heterocycles. The number of benzene rings is 1. The van der Waals surface area contributed by atoms with Crippen LogP contribution in [0.3, 0.4) is 0 Å². The van der Waals surface area contributed by atoms with Crippen LogP contribution in [-0.2, 0) is 4.74 Å². The van der Waals surface area contributed by atoms with Gasteiger partial charge in [-0.2, -0.15) is 0 Å². The monoisotopic (exact) mass is 342 g/mol. The van der Waals surface area contributed by atoms with Crippen LogP contribution < -0.4 is 5.32 Å². The maximum atomic E-state index is 12.6. The van der Waals surface area contributed by atoms with E-state index >= 15 is 0 Å². The largest absolute Gasteiger partial charge is 0.451 e. The molecule has 0 aliphatic carbocycles. The molecule has 0 spiro atoms. The summed E-state index contributed by atoms with van der Waals surface area (Å²) in [5, 5.41) is 2.91. The number of anilines is 1. The fourth-order valence-electron chi connectivity index (χ4n) is 2.88. The smallest absolute Gasteiger partial charge is 0.340 e. The van der Waals surface area contributed by atoms with Crippen molar-refractivity contribution in [2.24, 2.45) is 0 Å². The number of hydrogen-bond acceptors (Lipinski definition) is 5. The number of aromatic nitrogens is 1. The molecule has 0 radical (unpaired) electrons. The minimum Gasteiger partial charge on any atom is -0.451 e. The van der Waals surface area contributed by atoms with Crippen LogP contribution in [-0.4, -0.2) is 35.7 Å². The van der Waals surface area contributed by atoms with Crippen LogP contribution in [0.5, 0.6) is 0 Å². The lowest BCUT2D eigenvalue weighted by molar-refractivity contribution is 0.0318. The van der Waals surface area contributed by atoms with Crippen molar-refractivity contribution in [3.05, 3.63) is 52.3 Å². The van der Waals surface area contributed by atoms with Gasteiger partial charge in [0.05, 0.1) is 11.3 Å². The highest BCUT2D eigenvalue weighted by atomic mass is 16.5. The number of rotatable bonds is 6. The number of carbonyl (C=O) groups excluding carboxylic acids is 3. The second kappa shape index (κ2) is 7.34. The number of hydrogen-bond donors (Lipinski definition) is 2. The summed E-state index contributed by atoms with van der Waals surface area (Å²) < 4.78 is 5.33. The van der Waals surface area contributed by atoms with E-state index in [1.54, 1.807) is 45.2 Å². The Kier molecular flexibility index (Phi) is 5.41. The van der Waals surface area contributed by atoms with Crippen molar-refractivity contribution in [2.75, 3.05) is 12.4 Å². The van der Waals surface area contributed by atoms with E-state index in [4.69, 9.17) is 4.74 Å². The Morgan fingerprint density at radius 3 is 2.36 bits per heavy atom. The minimum atomic E-state index is -0.978. The van der Waals surface area contributed by atoms with E-state index in [1.807, 2.05) is 0 Å². The summed E-state index contributed by atoms with van der Waals surface area (Å²) in [6.07, 6.45) is -0.978. The summed E-state index contributed by atoms with van der Waals surface area (Å²) in [5.74, 6) is -1.07. The molecule has 1 heterocycles. The first-order chi connectivity index (χ1) is 11.8. The zero-order chi connectivity index (χ0) is 18.7. The first kappa shape index (κ1) is 18.4. The zero-order valence-corrected chi connectivity index (χ0v) is 15.0. The molecule has 0 amide bonds. The maximum Gasteiger partial charge on any atom is 0.340 e. The standard InChI is InChI=1S/C19H22N2O4/c1-10-16(12(3)22)11(2)21-17(10)18(23)13(4)25-19(24)14-8-6-7-9-15(14)20-5/h6-9,13,20-21H,1-5H3/t13-/m1/s1. The van der Waals surface area contributed by atoms with Crippen molar-refractivity contribution in [1.82, 2.24) is 4.98 Å². The zero-order valence-electron chi connectivity index (χ0n) is 15.0. The van der Waals surface area contributed by atoms with Crippen LogP contribution >= 0.6 is 0 Å². The number of para-hydroxylation sites is 1. The lowest BCUT2D eigenvalue weighted by Gasteiger charge is -2.14. The van der Waals surface area contributed by atoms with Crippen LogP contribution in [0.25, 0.3) is 0 Å². The molecule has 0 fully saturated rings. The number of ether oxygens (including phenoxy) is 1. The molecule has 2 rings (SSSR count). The quantitative estimate of drug-likeness (QED) is 0.621. The summed E-state index contributed by atoms with van der Waals surface area (Å²) in [6.45, 7) is 6.42. The highest BCUT2D eigenvalue weighted by Crippen LogP contribution is 2.21. The SMILES string of the molecule is CNc1ccccc1C(=O)O[C@H](C)C(=O)c1[nH]c(C)c(C(C)=O)c1C. The molecule has 25 heavy (non-hydrogen) atoms. The number of Topliss-reactive ketones (excluding diaryl/α,β-unsaturated/α-hetero) is 2. The van der Waals surface area contributed by atoms with E-state index in [0.29, 0.717) is 33.8 Å². The van der Waals surface area contributed by atoms with Gasteiger partial charge >= 0.3 is 5.97 Å². The third-order valence-electron chi connectivity index (χ3n) is 4.11. The summed E-state index contributed by atoms with van der Waals surface area (Å²) in [4.78, 5) is 39.6. The van der Waals surface area contributed by atoms with E-state index in [1.165, 1.54) is 13.8 Å². The first-order valence-corrected chi connectivity index (χ1v) is 8.00. The summed E-state index contributed by atoms with van der Waals surface area (Å²) in [5.41, 5.74) is 2.99. The van der Waals surface area contributed by atoms with Crippen LogP contribution in [0.1, 0.15) is 56.3 Å². The fourth-order valence-corrected chi connectivity index (χ4v) is 2.88. The van der Waals surface area contributed by atoms with Crippen molar-refractivity contribution in [1.29, 1.82) is 0 Å². The van der Waals surface area contributed by atoms with Gasteiger partial charge in [0.1, 0.15) is 0 Å². The van der Waals surface area contributed by atoms with Gasteiger partial charge in [-0.25, -0.2) is 4.79 Å². The highest BCUT2D eigenvalue weighted by Gasteiger charge is 2.26. The first-order valence-electron chi connectivity index (χ1n) is 8.00. The Labute approximate surface area is 146 Å². The molecule has 2 N–H and O–H groups in total. The van der Waals surface area contributed by atoms with Crippen LogP contribution in [0, 0.1) is 13.8 Å². The topological polar surface area (TPSA) is 88.3 Å². The molecule has 6 nitrogen and oxygen atoms in total. The van der Waals surface area contributed by atoms with Crippen LogP contribution in [0.2, 0.25) is 0 Å². The van der Waals surface area contributed by atoms with Crippen LogP contribution in [0.4, 0.5) is 5.69 Å². The average molecular weight is 342 g/mol. The highest BCUT2D eigenvalue weighted by molar-refractivity contribution is 6.06. The Balaban J connectivity index is 2.22. The Hall–Kier alpha value is -2.89. The number of aryl methyl sites for hydroxylation is 1. The van der Waals surface area contributed by atoms with E-state index in [2.05, 4.69) is 10.3 Å². The lowest BCUT2D eigenvalue weighted by atomic mass is 10.0. The number of aromatic amines is 1. The van der Waals surface area contributed by atoms with Crippen molar-refractivity contribution < 1.29 is 19.1 Å². The number of nitrogens with one attached hydrogen (secondary N) is 2. The summed E-state index contributed by atoms with van der Waals surface area (Å²) in [6, 6.07) is 6.90. The summed E-state index contributed by atoms with van der Waals surface area (Å²) >= 11 is 0. The second-order valence-electron chi connectivity index (χ2n) is 5.89. The molecule has 2 aromatic rings. The third kappa shape index (κ3) is 3.63. The Morgan fingerprint density at radius 1 is 1.16 bits per heavy atom. The number of ketones is 2. The van der Waals surface area contributed by atoms with Gasteiger partial charge in [0.15, 0.2) is 11.9 Å². The lowest BCUT2D eigenvalue weighted by Crippen LogP contribution is -2.25. The molecule has 0 bridgehead atoms. The van der Waals surface area contributed by atoms with Gasteiger partial charge in [-0.05, 0) is 45.4 Å². The van der Waals surface area contributed by atoms with Gasteiger partial charge in [-0.1, -0.05) is 12.1 Å².